The minimum absolute atomic E-state index is 0. The number of thiocarbonyl (C=S) groups is 2. The van der Waals surface area contributed by atoms with Gasteiger partial charge in [0.25, 0.3) is 0 Å². The molecule has 17 heteroatoms. The molecule has 0 aliphatic heterocycles. The Kier molecular flexibility index (Phi) is 24.4. The SMILES string of the molecule is COc1ccc(N(c2ccccc2)c2ccc(/C=C/c3ccnc(-c4cc(/C=C/c5ccc(N(c6ccccc6)c6ccc(OC)cc6C)cc5)ccn4)c3)cc2)c(C)c1.O=C(O)c1ccnc(-c2cc(C(=O)O)ccn2)c1.[N-]=C=S.[N-]=C=S.[Ru+2]. The Bertz CT molecular complexity index is 3730. The van der Waals surface area contributed by atoms with E-state index in [0.717, 1.165) is 90.4 Å². The molecule has 0 atom stereocenters. The number of nitrogens with zero attached hydrogens (tertiary/aromatic N) is 8. The summed E-state index contributed by atoms with van der Waals surface area (Å²) < 4.78 is 11.0. The summed E-state index contributed by atoms with van der Waals surface area (Å²) in [4.78, 5) is 43.5. The molecule has 0 saturated heterocycles. The third-order valence-corrected chi connectivity index (χ3v) is 12.7. The average molecular weight is 1240 g/mol. The summed E-state index contributed by atoms with van der Waals surface area (Å²) >= 11 is 7.40. The predicted octanol–water partition coefficient (Wildman–Crippen LogP) is 16.9. The van der Waals surface area contributed by atoms with Gasteiger partial charge in [-0.25, -0.2) is 9.59 Å². The Hall–Kier alpha value is -10.2. The van der Waals surface area contributed by atoms with Crippen LogP contribution in [0.2, 0.25) is 0 Å². The van der Waals surface area contributed by atoms with Gasteiger partial charge in [-0.15, -0.1) is 0 Å². The molecule has 85 heavy (non-hydrogen) atoms. The van der Waals surface area contributed by atoms with Crippen molar-refractivity contribution in [3.05, 3.63) is 274 Å². The number of hydrogen-bond donors (Lipinski definition) is 2. The van der Waals surface area contributed by atoms with Crippen LogP contribution in [-0.2, 0) is 19.5 Å². The minimum atomic E-state index is -1.08. The smallest absolute Gasteiger partial charge is 0.753 e. The molecule has 6 aromatic carbocycles. The normalized spacial score (nSPS) is 10.2. The number of ether oxygens (including phenoxy) is 2. The maximum Gasteiger partial charge on any atom is 2.00 e. The summed E-state index contributed by atoms with van der Waals surface area (Å²) in [6.45, 7) is 4.23. The molecule has 0 amide bonds. The number of isothiocyanates is 2. The van der Waals surface area contributed by atoms with Crippen molar-refractivity contribution in [1.82, 2.24) is 19.9 Å². The zero-order valence-corrected chi connectivity index (χ0v) is 49.7. The minimum Gasteiger partial charge on any atom is -0.753 e. The van der Waals surface area contributed by atoms with E-state index in [1.807, 2.05) is 48.8 Å². The average Bonchev–Trinajstić information content (AvgIpc) is 3.24. The van der Waals surface area contributed by atoms with Gasteiger partial charge in [0.15, 0.2) is 0 Å². The van der Waals surface area contributed by atoms with Gasteiger partial charge in [-0.05, 0) is 181 Å². The van der Waals surface area contributed by atoms with Gasteiger partial charge in [-0.3, -0.25) is 19.9 Å². The fourth-order valence-electron chi connectivity index (χ4n) is 8.66. The number of benzene rings is 6. The molecule has 14 nitrogen and oxygen atoms in total. The van der Waals surface area contributed by atoms with Crippen molar-refractivity contribution in [2.24, 2.45) is 0 Å². The number of para-hydroxylation sites is 2. The summed E-state index contributed by atoms with van der Waals surface area (Å²) in [5.41, 5.74) is 15.5. The van der Waals surface area contributed by atoms with Crippen molar-refractivity contribution in [1.29, 1.82) is 0 Å². The number of aromatic carboxylic acids is 2. The summed E-state index contributed by atoms with van der Waals surface area (Å²) in [6.07, 6.45) is 14.8. The third kappa shape index (κ3) is 17.9. The van der Waals surface area contributed by atoms with E-state index in [9.17, 15) is 9.59 Å². The predicted molar refractivity (Wildman–Crippen MR) is 343 cm³/mol. The summed E-state index contributed by atoms with van der Waals surface area (Å²) in [7, 11) is 3.40. The van der Waals surface area contributed by atoms with Crippen LogP contribution in [0, 0.1) is 13.8 Å². The Morgan fingerprint density at radius 1 is 0.435 bits per heavy atom. The van der Waals surface area contributed by atoms with Crippen molar-refractivity contribution >= 4 is 105 Å². The number of carboxylic acid groups (broad SMARTS) is 2. The maximum absolute atomic E-state index is 10.8. The van der Waals surface area contributed by atoms with Crippen LogP contribution in [0.3, 0.4) is 0 Å². The topological polar surface area (TPSA) is 196 Å². The second-order valence-corrected chi connectivity index (χ2v) is 18.5. The molecular formula is C68H54N8O6RuS2. The van der Waals surface area contributed by atoms with Crippen LogP contribution >= 0.6 is 24.4 Å². The van der Waals surface area contributed by atoms with Crippen LogP contribution in [0.5, 0.6) is 11.5 Å². The summed E-state index contributed by atoms with van der Waals surface area (Å²) in [5.74, 6) is -0.466. The molecule has 0 unspecified atom stereocenters. The number of anilines is 6. The van der Waals surface area contributed by atoms with Gasteiger partial charge in [-0.2, -0.15) is 10.3 Å². The van der Waals surface area contributed by atoms with Gasteiger partial charge in [0.2, 0.25) is 0 Å². The number of pyridine rings is 4. The van der Waals surface area contributed by atoms with E-state index in [1.165, 1.54) is 47.0 Å². The number of rotatable bonds is 16. The first-order valence-corrected chi connectivity index (χ1v) is 26.6. The third-order valence-electron chi connectivity index (χ3n) is 12.7. The Morgan fingerprint density at radius 3 is 1.06 bits per heavy atom. The molecule has 0 fully saturated rings. The molecule has 0 bridgehead atoms. The molecule has 4 aromatic heterocycles. The van der Waals surface area contributed by atoms with Crippen LogP contribution in [0.15, 0.2) is 219 Å². The van der Waals surface area contributed by atoms with E-state index in [-0.39, 0.29) is 30.6 Å². The summed E-state index contributed by atoms with van der Waals surface area (Å²) in [6, 6.07) is 64.0. The molecule has 0 spiro atoms. The van der Waals surface area contributed by atoms with Crippen molar-refractivity contribution in [2.45, 2.75) is 13.8 Å². The van der Waals surface area contributed by atoms with Crippen LogP contribution in [-0.4, -0.2) is 66.6 Å². The molecule has 0 aliphatic carbocycles. The maximum atomic E-state index is 10.8. The van der Waals surface area contributed by atoms with E-state index in [0.29, 0.717) is 11.4 Å². The number of hydrogen-bond acceptors (Lipinski definition) is 12. The molecule has 4 heterocycles. The molecule has 0 aliphatic rings. The van der Waals surface area contributed by atoms with Gasteiger partial charge >= 0.3 is 31.4 Å². The number of carbonyl (C=O) groups is 2. The number of aryl methyl sites for hydroxylation is 2. The molecule has 0 saturated carbocycles. The van der Waals surface area contributed by atoms with Crippen molar-refractivity contribution in [2.75, 3.05) is 24.0 Å². The van der Waals surface area contributed by atoms with Gasteiger partial charge in [0.05, 0.1) is 48.1 Å². The van der Waals surface area contributed by atoms with Gasteiger partial charge < -0.3 is 40.3 Å². The Labute approximate surface area is 516 Å². The molecule has 422 valence electrons. The Balaban J connectivity index is 0.000000387. The van der Waals surface area contributed by atoms with Crippen LogP contribution in [0.4, 0.5) is 34.1 Å². The number of carboxylic acids is 2. The zero-order chi connectivity index (χ0) is 59.8. The largest absolute Gasteiger partial charge is 2.00 e. The molecular weight excluding hydrogens is 1190 g/mol. The fourth-order valence-corrected chi connectivity index (χ4v) is 8.66. The van der Waals surface area contributed by atoms with Crippen molar-refractivity contribution in [3.8, 4) is 34.3 Å². The number of methoxy groups -OCH3 is 2. The van der Waals surface area contributed by atoms with E-state index in [1.54, 1.807) is 14.2 Å². The number of aromatic nitrogens is 4. The first kappa shape index (κ1) is 63.9. The van der Waals surface area contributed by atoms with Crippen molar-refractivity contribution < 1.29 is 48.8 Å². The molecule has 10 aromatic rings. The van der Waals surface area contributed by atoms with E-state index in [4.69, 9.17) is 30.5 Å². The second kappa shape index (κ2) is 32.4. The quantitative estimate of drug-likeness (QED) is 0.0527. The van der Waals surface area contributed by atoms with E-state index >= 15 is 0 Å². The Morgan fingerprint density at radius 2 is 0.741 bits per heavy atom. The molecule has 10 rings (SSSR count). The van der Waals surface area contributed by atoms with E-state index in [2.05, 4.69) is 226 Å². The first-order chi connectivity index (χ1) is 40.9. The zero-order valence-electron chi connectivity index (χ0n) is 46.4. The van der Waals surface area contributed by atoms with Gasteiger partial charge in [-0.1, -0.05) is 109 Å². The van der Waals surface area contributed by atoms with Crippen LogP contribution < -0.4 is 19.3 Å². The van der Waals surface area contributed by atoms with Crippen molar-refractivity contribution in [3.63, 3.8) is 0 Å². The molecule has 0 radical (unpaired) electrons. The standard InChI is InChI=1S/C54H46N4O2.C12H8N2O4.2CNS.Ru/c1-39-35-49(59-3)27-29-53(39)57(45-11-7-5-8-12-45)47-23-19-41(20-24-47)15-17-43-31-33-55-51(37-43)52-38-44(32-34-56-52)18-16-42-21-25-48(26-22-42)58(46-13-9-6-10-14-46)54-30-28-50(60-4)36-40(54)2;15-11(16)7-1-3-13-9(5-7)10-6-8(12(17)18)2-4-14-10;2*2-1-3;/h5-38H,1-4H3;1-6H,(H,15,16)(H,17,18);;;/q;;2*-1;+2/b17-15+,18-16+;;;;. The van der Waals surface area contributed by atoms with Crippen LogP contribution in [0.25, 0.3) is 57.9 Å². The monoisotopic (exact) mass is 1240 g/mol. The summed E-state index contributed by atoms with van der Waals surface area (Å²) in [5, 5.41) is 34.6. The van der Waals surface area contributed by atoms with E-state index < -0.39 is 11.9 Å². The second-order valence-electron chi connectivity index (χ2n) is 18.1. The van der Waals surface area contributed by atoms with Gasteiger partial charge in [0, 0.05) is 58.9 Å². The van der Waals surface area contributed by atoms with Gasteiger partial charge in [0.1, 0.15) is 11.5 Å². The van der Waals surface area contributed by atoms with Crippen LogP contribution in [0.1, 0.15) is 54.1 Å². The first-order valence-electron chi connectivity index (χ1n) is 25.8. The fraction of sp³-hybridized carbons (Fsp3) is 0.0588. The molecule has 2 N–H and O–H groups in total.